The van der Waals surface area contributed by atoms with E-state index in [1.807, 2.05) is 27.7 Å². The van der Waals surface area contributed by atoms with Crippen LogP contribution in [-0.2, 0) is 9.53 Å². The van der Waals surface area contributed by atoms with Crippen molar-refractivity contribution < 1.29 is 9.53 Å². The molecule has 0 spiro atoms. The summed E-state index contributed by atoms with van der Waals surface area (Å²) in [5, 5.41) is 0. The predicted molar refractivity (Wildman–Crippen MR) is 45.3 cm³/mol. The molecule has 0 aromatic rings. The summed E-state index contributed by atoms with van der Waals surface area (Å²) in [6.45, 7) is 7.61. The van der Waals surface area contributed by atoms with Crippen LogP contribution in [0.25, 0.3) is 0 Å². The first-order valence-electron chi connectivity index (χ1n) is 3.94. The molecule has 2 heteroatoms. The van der Waals surface area contributed by atoms with Gasteiger partial charge in [0, 0.05) is 6.08 Å². The quantitative estimate of drug-likeness (QED) is 0.463. The van der Waals surface area contributed by atoms with Gasteiger partial charge in [0.2, 0.25) is 0 Å². The molecule has 0 aliphatic rings. The van der Waals surface area contributed by atoms with Crippen molar-refractivity contribution in [2.45, 2.75) is 40.2 Å². The first-order chi connectivity index (χ1) is 5.06. The monoisotopic (exact) mass is 156 g/mol. The first kappa shape index (κ1) is 10.2. The number of esters is 1. The lowest BCUT2D eigenvalue weighted by Gasteiger charge is -2.04. The highest BCUT2D eigenvalue weighted by molar-refractivity contribution is 5.82. The smallest absolute Gasteiger partial charge is 0.330 e. The van der Waals surface area contributed by atoms with Gasteiger partial charge in [-0.1, -0.05) is 12.5 Å². The number of carbonyl (C=O) groups excluding carboxylic acids is 1. The topological polar surface area (TPSA) is 26.3 Å². The van der Waals surface area contributed by atoms with Crippen LogP contribution < -0.4 is 0 Å². The van der Waals surface area contributed by atoms with E-state index in [4.69, 9.17) is 4.74 Å². The van der Waals surface area contributed by atoms with Crippen LogP contribution in [0.15, 0.2) is 11.6 Å². The Morgan fingerprint density at radius 3 is 2.45 bits per heavy atom. The number of carbonyl (C=O) groups is 1. The molecule has 0 saturated carbocycles. The van der Waals surface area contributed by atoms with Crippen molar-refractivity contribution in [3.63, 3.8) is 0 Å². The highest BCUT2D eigenvalue weighted by Crippen LogP contribution is 1.99. The molecule has 0 heterocycles. The summed E-state index contributed by atoms with van der Waals surface area (Å²) in [5.74, 6) is -0.237. The Balaban J connectivity index is 3.86. The number of rotatable bonds is 3. The van der Waals surface area contributed by atoms with E-state index in [0.29, 0.717) is 0 Å². The van der Waals surface area contributed by atoms with Gasteiger partial charge in [-0.25, -0.2) is 4.79 Å². The van der Waals surface area contributed by atoms with Crippen LogP contribution in [0.4, 0.5) is 0 Å². The second-order valence-electron chi connectivity index (χ2n) is 2.83. The van der Waals surface area contributed by atoms with Crippen LogP contribution in [0, 0.1) is 0 Å². The summed E-state index contributed by atoms with van der Waals surface area (Å²) in [5.41, 5.74) is 1.05. The summed E-state index contributed by atoms with van der Waals surface area (Å²) >= 11 is 0. The van der Waals surface area contributed by atoms with Crippen molar-refractivity contribution in [3.8, 4) is 0 Å². The van der Waals surface area contributed by atoms with Crippen LogP contribution in [0.3, 0.4) is 0 Å². The van der Waals surface area contributed by atoms with Crippen molar-refractivity contribution in [2.75, 3.05) is 0 Å². The number of hydrogen-bond acceptors (Lipinski definition) is 2. The van der Waals surface area contributed by atoms with Gasteiger partial charge in [-0.15, -0.1) is 0 Å². The van der Waals surface area contributed by atoms with Gasteiger partial charge >= 0.3 is 5.97 Å². The Bertz CT molecular complexity index is 157. The minimum absolute atomic E-state index is 0.0246. The zero-order valence-corrected chi connectivity index (χ0v) is 7.68. The molecule has 0 aliphatic carbocycles. The maximum absolute atomic E-state index is 10.9. The van der Waals surface area contributed by atoms with Gasteiger partial charge in [0.05, 0.1) is 6.10 Å². The molecule has 0 amide bonds. The van der Waals surface area contributed by atoms with Gasteiger partial charge in [0.25, 0.3) is 0 Å². The Morgan fingerprint density at radius 2 is 2.09 bits per heavy atom. The van der Waals surface area contributed by atoms with E-state index in [2.05, 4.69) is 0 Å². The van der Waals surface area contributed by atoms with E-state index in [9.17, 15) is 4.79 Å². The van der Waals surface area contributed by atoms with Crippen LogP contribution in [-0.4, -0.2) is 12.1 Å². The van der Waals surface area contributed by atoms with Crippen LogP contribution in [0.5, 0.6) is 0 Å². The van der Waals surface area contributed by atoms with Gasteiger partial charge in [0.1, 0.15) is 0 Å². The molecule has 0 N–H and O–H groups in total. The second-order valence-corrected chi connectivity index (χ2v) is 2.83. The summed E-state index contributed by atoms with van der Waals surface area (Å²) in [4.78, 5) is 10.9. The molecule has 0 aromatic carbocycles. The molecule has 2 nitrogen and oxygen atoms in total. The van der Waals surface area contributed by atoms with Crippen molar-refractivity contribution >= 4 is 5.97 Å². The largest absolute Gasteiger partial charge is 0.460 e. The SMILES string of the molecule is CC/C(C)=C/C(=O)OC(C)C. The molecule has 64 valence electrons. The Morgan fingerprint density at radius 1 is 1.55 bits per heavy atom. The van der Waals surface area contributed by atoms with E-state index < -0.39 is 0 Å². The third-order valence-corrected chi connectivity index (χ3v) is 1.27. The van der Waals surface area contributed by atoms with Gasteiger partial charge in [-0.05, 0) is 27.2 Å². The van der Waals surface area contributed by atoms with Crippen molar-refractivity contribution in [1.29, 1.82) is 0 Å². The summed E-state index contributed by atoms with van der Waals surface area (Å²) in [7, 11) is 0. The maximum Gasteiger partial charge on any atom is 0.330 e. The summed E-state index contributed by atoms with van der Waals surface area (Å²) < 4.78 is 4.91. The number of ether oxygens (including phenoxy) is 1. The fourth-order valence-corrected chi connectivity index (χ4v) is 0.570. The predicted octanol–water partition coefficient (Wildman–Crippen LogP) is 2.29. The fourth-order valence-electron chi connectivity index (χ4n) is 0.570. The number of allylic oxidation sites excluding steroid dienone is 1. The molecule has 11 heavy (non-hydrogen) atoms. The fraction of sp³-hybridized carbons (Fsp3) is 0.667. The summed E-state index contributed by atoms with van der Waals surface area (Å²) in [6.07, 6.45) is 2.41. The van der Waals surface area contributed by atoms with Gasteiger partial charge in [0.15, 0.2) is 0 Å². The zero-order valence-electron chi connectivity index (χ0n) is 7.68. The molecular formula is C9H16O2. The van der Waals surface area contributed by atoms with E-state index in [1.165, 1.54) is 0 Å². The molecule has 0 rings (SSSR count). The van der Waals surface area contributed by atoms with E-state index in [1.54, 1.807) is 6.08 Å². The Labute approximate surface area is 68.2 Å². The maximum atomic E-state index is 10.9. The Kier molecular flexibility index (Phi) is 4.59. The molecule has 0 atom stereocenters. The van der Waals surface area contributed by atoms with Gasteiger partial charge in [-0.3, -0.25) is 0 Å². The molecule has 0 aromatic heterocycles. The lowest BCUT2D eigenvalue weighted by molar-refractivity contribution is -0.141. The second kappa shape index (κ2) is 4.94. The first-order valence-corrected chi connectivity index (χ1v) is 3.94. The molecule has 0 saturated heterocycles. The lowest BCUT2D eigenvalue weighted by Crippen LogP contribution is -2.08. The van der Waals surface area contributed by atoms with E-state index >= 15 is 0 Å². The zero-order chi connectivity index (χ0) is 8.85. The van der Waals surface area contributed by atoms with E-state index in [-0.39, 0.29) is 12.1 Å². The third kappa shape index (κ3) is 5.64. The normalized spacial score (nSPS) is 11.9. The average Bonchev–Trinajstić information content (AvgIpc) is 1.85. The summed E-state index contributed by atoms with van der Waals surface area (Å²) in [6, 6.07) is 0. The molecule has 0 aliphatic heterocycles. The minimum atomic E-state index is -0.237. The van der Waals surface area contributed by atoms with Crippen molar-refractivity contribution in [3.05, 3.63) is 11.6 Å². The van der Waals surface area contributed by atoms with Crippen LogP contribution in [0.2, 0.25) is 0 Å². The van der Waals surface area contributed by atoms with Gasteiger partial charge in [-0.2, -0.15) is 0 Å². The molecule has 0 fully saturated rings. The molecule has 0 radical (unpaired) electrons. The number of hydrogen-bond donors (Lipinski definition) is 0. The highest BCUT2D eigenvalue weighted by Gasteiger charge is 2.00. The van der Waals surface area contributed by atoms with E-state index in [0.717, 1.165) is 12.0 Å². The standard InChI is InChI=1S/C9H16O2/c1-5-8(4)6-9(10)11-7(2)3/h6-7H,5H2,1-4H3/b8-6+. The lowest BCUT2D eigenvalue weighted by atomic mass is 10.2. The van der Waals surface area contributed by atoms with Gasteiger partial charge < -0.3 is 4.74 Å². The third-order valence-electron chi connectivity index (χ3n) is 1.27. The molecule has 0 unspecified atom stereocenters. The minimum Gasteiger partial charge on any atom is -0.460 e. The van der Waals surface area contributed by atoms with Crippen molar-refractivity contribution in [2.24, 2.45) is 0 Å². The van der Waals surface area contributed by atoms with Crippen LogP contribution >= 0.6 is 0 Å². The van der Waals surface area contributed by atoms with Crippen LogP contribution in [0.1, 0.15) is 34.1 Å². The molecular weight excluding hydrogens is 140 g/mol. The average molecular weight is 156 g/mol. The molecule has 0 bridgehead atoms. The Hall–Kier alpha value is -0.790. The highest BCUT2D eigenvalue weighted by atomic mass is 16.5. The van der Waals surface area contributed by atoms with Crippen molar-refractivity contribution in [1.82, 2.24) is 0 Å².